The number of quaternary nitrogens is 1. The number of Topliss-reactive ketones (excluding diaryl/α,β-unsaturated/α-hetero) is 1. The van der Waals surface area contributed by atoms with Crippen LogP contribution in [-0.2, 0) is 23.8 Å². The zero-order chi connectivity index (χ0) is 31.6. The van der Waals surface area contributed by atoms with E-state index in [9.17, 15) is 24.9 Å². The van der Waals surface area contributed by atoms with E-state index in [1.807, 2.05) is 6.92 Å². The van der Waals surface area contributed by atoms with Crippen molar-refractivity contribution in [3.63, 3.8) is 0 Å². The fraction of sp³-hybridized carbons (Fsp3) is 0.882. The molecule has 0 aromatic rings. The van der Waals surface area contributed by atoms with Crippen LogP contribution in [0.15, 0.2) is 11.6 Å². The van der Waals surface area contributed by atoms with E-state index in [-0.39, 0.29) is 36.6 Å². The van der Waals surface area contributed by atoms with Crippen LogP contribution >= 0.6 is 0 Å². The molecular weight excluding hydrogens is 564 g/mol. The zero-order valence-electron chi connectivity index (χ0n) is 27.2. The van der Waals surface area contributed by atoms with Crippen molar-refractivity contribution in [1.82, 2.24) is 5.32 Å². The molecule has 5 rings (SSSR count). The molecule has 13 atom stereocenters. The fourth-order valence-corrected chi connectivity index (χ4v) is 9.00. The van der Waals surface area contributed by atoms with Crippen LogP contribution in [0.5, 0.6) is 0 Å². The first-order chi connectivity index (χ1) is 21.1. The van der Waals surface area contributed by atoms with Gasteiger partial charge in [-0.3, -0.25) is 10.1 Å². The highest BCUT2D eigenvalue weighted by Gasteiger charge is 2.62. The molecule has 0 spiro atoms. The van der Waals surface area contributed by atoms with Crippen molar-refractivity contribution in [2.24, 2.45) is 29.6 Å². The molecule has 6 N–H and O–H groups in total. The van der Waals surface area contributed by atoms with Gasteiger partial charge < -0.3 is 34.8 Å². The molecule has 10 nitrogen and oxygen atoms in total. The van der Waals surface area contributed by atoms with E-state index in [1.54, 1.807) is 13.0 Å². The number of nitrogens with one attached hydrogen (secondary N) is 1. The predicted octanol–water partition coefficient (Wildman–Crippen LogP) is 1.59. The number of esters is 1. The van der Waals surface area contributed by atoms with Crippen molar-refractivity contribution in [3.05, 3.63) is 11.6 Å². The highest BCUT2D eigenvalue weighted by molar-refractivity contribution is 5.87. The zero-order valence-corrected chi connectivity index (χ0v) is 27.2. The lowest BCUT2D eigenvalue weighted by molar-refractivity contribution is -0.708. The molecule has 0 bridgehead atoms. The van der Waals surface area contributed by atoms with Gasteiger partial charge in [-0.25, -0.2) is 4.79 Å². The first kappa shape index (κ1) is 33.9. The molecule has 5 fully saturated rings. The number of nitrogens with two attached hydrogens (primary N) is 1. The number of piperidine rings is 1. The quantitative estimate of drug-likeness (QED) is 0.191. The van der Waals surface area contributed by atoms with Crippen LogP contribution in [0.4, 0.5) is 0 Å². The summed E-state index contributed by atoms with van der Waals surface area (Å²) >= 11 is 0. The van der Waals surface area contributed by atoms with Gasteiger partial charge in [-0.15, -0.1) is 0 Å². The first-order valence-electron chi connectivity index (χ1n) is 17.3. The lowest BCUT2D eigenvalue weighted by Crippen LogP contribution is -2.95. The highest BCUT2D eigenvalue weighted by atomic mass is 16.6. The molecule has 250 valence electrons. The summed E-state index contributed by atoms with van der Waals surface area (Å²) in [6.07, 6.45) is 6.01. The maximum atomic E-state index is 13.5. The van der Waals surface area contributed by atoms with Gasteiger partial charge in [-0.1, -0.05) is 19.4 Å². The second-order valence-electron chi connectivity index (χ2n) is 14.5. The highest BCUT2D eigenvalue weighted by Crippen LogP contribution is 2.53. The summed E-state index contributed by atoms with van der Waals surface area (Å²) in [7, 11) is 0. The van der Waals surface area contributed by atoms with E-state index in [0.29, 0.717) is 36.9 Å². The molecule has 2 saturated carbocycles. The normalized spacial score (nSPS) is 44.9. The third-order valence-corrected chi connectivity index (χ3v) is 11.7. The van der Waals surface area contributed by atoms with Crippen molar-refractivity contribution < 1.29 is 44.4 Å². The lowest BCUT2D eigenvalue weighted by atomic mass is 9.58. The average Bonchev–Trinajstić information content (AvgIpc) is 3.01. The number of carbonyl (C=O) groups is 2. The third kappa shape index (κ3) is 7.11. The van der Waals surface area contributed by atoms with Gasteiger partial charge in [0.15, 0.2) is 0 Å². The van der Waals surface area contributed by atoms with Crippen molar-refractivity contribution in [1.29, 1.82) is 0 Å². The maximum absolute atomic E-state index is 13.5. The Bertz CT molecular complexity index is 1030. The standard InChI is InChI=1S/C34H56N2O8/c1-5-19(3)33(41)43-26-16-24-30(40)29-25(39)15-23(18-37)42-32(29)28(21-8-7-9-22(38)14-21)31(24)44-34(26,4)13-12-20-10-11-27(35-6-2)36-17-20/h5,20-24,26-32,35-38,40H,6-18H2,1-4H3/p+1. The van der Waals surface area contributed by atoms with Gasteiger partial charge >= 0.3 is 5.97 Å². The molecule has 0 radical (unpaired) electrons. The molecule has 10 heteroatoms. The molecule has 0 aromatic heterocycles. The monoisotopic (exact) mass is 621 g/mol. The smallest absolute Gasteiger partial charge is 0.333 e. The van der Waals surface area contributed by atoms with Gasteiger partial charge in [-0.2, -0.15) is 0 Å². The van der Waals surface area contributed by atoms with Gasteiger partial charge in [0.25, 0.3) is 0 Å². The summed E-state index contributed by atoms with van der Waals surface area (Å²) in [5.74, 6) is -1.27. The number of ether oxygens (including phenoxy) is 3. The van der Waals surface area contributed by atoms with Crippen LogP contribution in [0, 0.1) is 29.6 Å². The van der Waals surface area contributed by atoms with Gasteiger partial charge in [0, 0.05) is 36.2 Å². The molecule has 2 aliphatic carbocycles. The average molecular weight is 622 g/mol. The van der Waals surface area contributed by atoms with E-state index in [0.717, 1.165) is 51.6 Å². The summed E-state index contributed by atoms with van der Waals surface area (Å²) in [5, 5.41) is 38.4. The van der Waals surface area contributed by atoms with Gasteiger partial charge in [0.2, 0.25) is 0 Å². The molecule has 3 aliphatic heterocycles. The summed E-state index contributed by atoms with van der Waals surface area (Å²) in [4.78, 5) is 26.6. The topological polar surface area (TPSA) is 151 Å². The van der Waals surface area contributed by atoms with Crippen molar-refractivity contribution in [3.8, 4) is 0 Å². The SMILES string of the molecule is CC=C(C)C(=O)OC1CC2C(O)C3C(=O)CC(CO)OC3C(C3CCCC(O)C3)C2OC1(C)CCC1CCC(NCC)[NH2+]C1. The van der Waals surface area contributed by atoms with Gasteiger partial charge in [0.1, 0.15) is 23.7 Å². The van der Waals surface area contributed by atoms with Crippen LogP contribution in [0.25, 0.3) is 0 Å². The summed E-state index contributed by atoms with van der Waals surface area (Å²) in [5.41, 5.74) is -0.272. The number of aliphatic hydroxyl groups is 3. The predicted molar refractivity (Wildman–Crippen MR) is 163 cm³/mol. The number of rotatable bonds is 9. The summed E-state index contributed by atoms with van der Waals surface area (Å²) in [6, 6.07) is 0. The minimum Gasteiger partial charge on any atom is -0.456 e. The number of aliphatic hydroxyl groups excluding tert-OH is 3. The van der Waals surface area contributed by atoms with Crippen molar-refractivity contribution >= 4 is 11.8 Å². The fourth-order valence-electron chi connectivity index (χ4n) is 9.00. The van der Waals surface area contributed by atoms with E-state index in [4.69, 9.17) is 14.2 Å². The van der Waals surface area contributed by atoms with E-state index < -0.39 is 54.1 Å². The Labute approximate surface area is 262 Å². The Morgan fingerprint density at radius 2 is 1.98 bits per heavy atom. The van der Waals surface area contributed by atoms with Gasteiger partial charge in [-0.05, 0) is 78.2 Å². The molecule has 0 aromatic carbocycles. The third-order valence-electron chi connectivity index (χ3n) is 11.7. The number of ketones is 1. The number of allylic oxidation sites excluding steroid dienone is 1. The molecular formula is C34H57N2O8+. The Morgan fingerprint density at radius 3 is 2.64 bits per heavy atom. The lowest BCUT2D eigenvalue weighted by Gasteiger charge is -2.59. The molecule has 13 unspecified atom stereocenters. The first-order valence-corrected chi connectivity index (χ1v) is 17.3. The molecule has 3 saturated heterocycles. The maximum Gasteiger partial charge on any atom is 0.333 e. The Hall–Kier alpha value is -1.40. The van der Waals surface area contributed by atoms with Crippen LogP contribution in [0.2, 0.25) is 0 Å². The van der Waals surface area contributed by atoms with Gasteiger partial charge in [0.05, 0.1) is 49.6 Å². The van der Waals surface area contributed by atoms with E-state index in [1.165, 1.54) is 0 Å². The van der Waals surface area contributed by atoms with E-state index in [2.05, 4.69) is 24.5 Å². The Balaban J connectivity index is 1.44. The largest absolute Gasteiger partial charge is 0.456 e. The second kappa shape index (κ2) is 14.6. The molecule has 5 aliphatic rings. The number of hydrogen-bond donors (Lipinski definition) is 5. The number of hydrogen-bond acceptors (Lipinski definition) is 9. The van der Waals surface area contributed by atoms with Crippen molar-refractivity contribution in [2.75, 3.05) is 19.7 Å². The molecule has 3 heterocycles. The number of fused-ring (bicyclic) bond motifs is 2. The summed E-state index contributed by atoms with van der Waals surface area (Å²) in [6.45, 7) is 9.47. The second-order valence-corrected chi connectivity index (χ2v) is 14.5. The Kier molecular flexibility index (Phi) is 11.2. The minimum atomic E-state index is -1.01. The summed E-state index contributed by atoms with van der Waals surface area (Å²) < 4.78 is 19.8. The van der Waals surface area contributed by atoms with Crippen LogP contribution in [0.3, 0.4) is 0 Å². The Morgan fingerprint density at radius 1 is 1.18 bits per heavy atom. The van der Waals surface area contributed by atoms with Crippen LogP contribution in [0.1, 0.15) is 91.9 Å². The molecule has 44 heavy (non-hydrogen) atoms. The van der Waals surface area contributed by atoms with Crippen molar-refractivity contribution in [2.45, 2.75) is 140 Å². The molecule has 0 amide bonds. The minimum absolute atomic E-state index is 0.0565. The van der Waals surface area contributed by atoms with Crippen LogP contribution in [-0.4, -0.2) is 95.2 Å². The number of carbonyl (C=O) groups excluding carboxylic acids is 2. The van der Waals surface area contributed by atoms with E-state index >= 15 is 0 Å². The van der Waals surface area contributed by atoms with Crippen LogP contribution < -0.4 is 10.6 Å².